The van der Waals surface area contributed by atoms with E-state index >= 15 is 0 Å². The molecule has 0 atom stereocenters. The Hall–Kier alpha value is -2.89. The molecule has 1 amide bonds. The third kappa shape index (κ3) is 4.99. The SMILES string of the molecule is COc1ccc(CCC2CCN(C(=O)c3cc(OC)c(OC)c(OC)c3)CC2)cc1. The van der Waals surface area contributed by atoms with Crippen LogP contribution < -0.4 is 18.9 Å². The Morgan fingerprint density at radius 3 is 2.00 bits per heavy atom. The van der Waals surface area contributed by atoms with Crippen molar-refractivity contribution >= 4 is 5.91 Å². The van der Waals surface area contributed by atoms with Crippen molar-refractivity contribution in [1.29, 1.82) is 0 Å². The maximum Gasteiger partial charge on any atom is 0.254 e. The largest absolute Gasteiger partial charge is 0.497 e. The lowest BCUT2D eigenvalue weighted by Gasteiger charge is -2.32. The zero-order valence-corrected chi connectivity index (χ0v) is 18.3. The Bertz CT molecular complexity index is 816. The molecule has 1 heterocycles. The molecule has 3 rings (SSSR count). The van der Waals surface area contributed by atoms with E-state index in [0.29, 0.717) is 28.7 Å². The van der Waals surface area contributed by atoms with Gasteiger partial charge in [0.1, 0.15) is 5.75 Å². The zero-order chi connectivity index (χ0) is 21.5. The molecule has 1 aliphatic rings. The summed E-state index contributed by atoms with van der Waals surface area (Å²) in [4.78, 5) is 15.0. The van der Waals surface area contributed by atoms with Crippen molar-refractivity contribution in [2.45, 2.75) is 25.7 Å². The fraction of sp³-hybridized carbons (Fsp3) is 0.458. The summed E-state index contributed by atoms with van der Waals surface area (Å²) in [7, 11) is 6.35. The van der Waals surface area contributed by atoms with Gasteiger partial charge in [-0.25, -0.2) is 0 Å². The van der Waals surface area contributed by atoms with Gasteiger partial charge < -0.3 is 23.8 Å². The third-order valence-electron chi connectivity index (χ3n) is 5.81. The second kappa shape index (κ2) is 10.2. The van der Waals surface area contributed by atoms with Gasteiger partial charge in [-0.05, 0) is 61.4 Å². The Labute approximate surface area is 178 Å². The summed E-state index contributed by atoms with van der Waals surface area (Å²) < 4.78 is 21.3. The number of piperidine rings is 1. The molecular weight excluding hydrogens is 382 g/mol. The standard InChI is InChI=1S/C24H31NO5/c1-27-20-9-7-17(8-10-20)5-6-18-11-13-25(14-12-18)24(26)19-15-21(28-2)23(30-4)22(16-19)29-3/h7-10,15-16,18H,5-6,11-14H2,1-4H3. The van der Waals surface area contributed by atoms with Crippen molar-refractivity contribution in [3.8, 4) is 23.0 Å². The highest BCUT2D eigenvalue weighted by Gasteiger charge is 2.25. The molecule has 0 unspecified atom stereocenters. The van der Waals surface area contributed by atoms with E-state index in [0.717, 1.165) is 44.5 Å². The van der Waals surface area contributed by atoms with Crippen LogP contribution in [0.5, 0.6) is 23.0 Å². The quantitative estimate of drug-likeness (QED) is 0.649. The smallest absolute Gasteiger partial charge is 0.254 e. The second-order valence-corrected chi connectivity index (χ2v) is 7.54. The summed E-state index contributed by atoms with van der Waals surface area (Å²) in [5.41, 5.74) is 1.88. The molecular formula is C24H31NO5. The molecule has 2 aromatic carbocycles. The molecule has 6 heteroatoms. The van der Waals surface area contributed by atoms with Gasteiger partial charge in [-0.15, -0.1) is 0 Å². The van der Waals surface area contributed by atoms with Gasteiger partial charge in [-0.3, -0.25) is 4.79 Å². The Morgan fingerprint density at radius 2 is 1.50 bits per heavy atom. The van der Waals surface area contributed by atoms with Crippen LogP contribution in [0.2, 0.25) is 0 Å². The lowest BCUT2D eigenvalue weighted by molar-refractivity contribution is 0.0686. The van der Waals surface area contributed by atoms with Crippen molar-refractivity contribution in [2.24, 2.45) is 5.92 Å². The van der Waals surface area contributed by atoms with Gasteiger partial charge in [0, 0.05) is 18.7 Å². The van der Waals surface area contributed by atoms with Crippen molar-refractivity contribution in [1.82, 2.24) is 4.90 Å². The van der Waals surface area contributed by atoms with Crippen LogP contribution in [-0.4, -0.2) is 52.3 Å². The van der Waals surface area contributed by atoms with Crippen LogP contribution in [-0.2, 0) is 6.42 Å². The minimum atomic E-state index is 0.00265. The minimum absolute atomic E-state index is 0.00265. The molecule has 2 aromatic rings. The molecule has 0 spiro atoms. The van der Waals surface area contributed by atoms with Gasteiger partial charge in [0.25, 0.3) is 5.91 Å². The molecule has 0 saturated carbocycles. The second-order valence-electron chi connectivity index (χ2n) is 7.54. The first-order valence-corrected chi connectivity index (χ1v) is 10.3. The molecule has 162 valence electrons. The van der Waals surface area contributed by atoms with Crippen LogP contribution in [0.15, 0.2) is 36.4 Å². The number of amides is 1. The van der Waals surface area contributed by atoms with E-state index in [1.54, 1.807) is 40.6 Å². The Kier molecular flexibility index (Phi) is 7.44. The van der Waals surface area contributed by atoms with E-state index in [9.17, 15) is 4.79 Å². The molecule has 0 bridgehead atoms. The van der Waals surface area contributed by atoms with Gasteiger partial charge in [-0.2, -0.15) is 0 Å². The molecule has 1 saturated heterocycles. The van der Waals surface area contributed by atoms with Crippen LogP contribution in [0.4, 0.5) is 0 Å². The first kappa shape index (κ1) is 21.8. The Morgan fingerprint density at radius 1 is 0.900 bits per heavy atom. The summed E-state index contributed by atoms with van der Waals surface area (Å²) >= 11 is 0. The third-order valence-corrected chi connectivity index (χ3v) is 5.81. The first-order valence-electron chi connectivity index (χ1n) is 10.3. The molecule has 0 aromatic heterocycles. The van der Waals surface area contributed by atoms with Crippen LogP contribution in [0.1, 0.15) is 35.2 Å². The molecule has 0 N–H and O–H groups in total. The number of benzene rings is 2. The van der Waals surface area contributed by atoms with Crippen molar-refractivity contribution in [3.63, 3.8) is 0 Å². The number of hydrogen-bond acceptors (Lipinski definition) is 5. The highest BCUT2D eigenvalue weighted by Crippen LogP contribution is 2.38. The normalized spacial score (nSPS) is 14.3. The monoisotopic (exact) mass is 413 g/mol. The summed E-state index contributed by atoms with van der Waals surface area (Å²) in [6.07, 6.45) is 4.23. The molecule has 1 fully saturated rings. The maximum absolute atomic E-state index is 13.0. The number of nitrogens with zero attached hydrogens (tertiary/aromatic N) is 1. The first-order chi connectivity index (χ1) is 14.6. The fourth-order valence-electron chi connectivity index (χ4n) is 3.97. The van der Waals surface area contributed by atoms with Crippen molar-refractivity contribution in [3.05, 3.63) is 47.5 Å². The zero-order valence-electron chi connectivity index (χ0n) is 18.3. The van der Waals surface area contributed by atoms with E-state index in [-0.39, 0.29) is 5.91 Å². The van der Waals surface area contributed by atoms with E-state index in [2.05, 4.69) is 12.1 Å². The number of hydrogen-bond donors (Lipinski definition) is 0. The van der Waals surface area contributed by atoms with Crippen LogP contribution in [0.3, 0.4) is 0 Å². The fourth-order valence-corrected chi connectivity index (χ4v) is 3.97. The Balaban J connectivity index is 1.57. The van der Waals surface area contributed by atoms with E-state index in [1.165, 1.54) is 5.56 Å². The summed E-state index contributed by atoms with van der Waals surface area (Å²) in [5.74, 6) is 3.01. The van der Waals surface area contributed by atoms with E-state index in [1.807, 2.05) is 17.0 Å². The summed E-state index contributed by atoms with van der Waals surface area (Å²) in [6, 6.07) is 11.7. The van der Waals surface area contributed by atoms with E-state index < -0.39 is 0 Å². The molecule has 6 nitrogen and oxygen atoms in total. The average Bonchev–Trinajstić information content (AvgIpc) is 2.81. The predicted molar refractivity (Wildman–Crippen MR) is 116 cm³/mol. The minimum Gasteiger partial charge on any atom is -0.497 e. The number of carbonyl (C=O) groups is 1. The van der Waals surface area contributed by atoms with Crippen LogP contribution in [0, 0.1) is 5.92 Å². The van der Waals surface area contributed by atoms with E-state index in [4.69, 9.17) is 18.9 Å². The van der Waals surface area contributed by atoms with Gasteiger partial charge in [0.05, 0.1) is 28.4 Å². The maximum atomic E-state index is 13.0. The number of ether oxygens (including phenoxy) is 4. The molecule has 1 aliphatic heterocycles. The molecule has 30 heavy (non-hydrogen) atoms. The van der Waals surface area contributed by atoms with Crippen molar-refractivity contribution in [2.75, 3.05) is 41.5 Å². The number of likely N-dealkylation sites (tertiary alicyclic amines) is 1. The average molecular weight is 414 g/mol. The number of carbonyl (C=O) groups excluding carboxylic acids is 1. The van der Waals surface area contributed by atoms with Crippen LogP contribution >= 0.6 is 0 Å². The van der Waals surface area contributed by atoms with Crippen LogP contribution in [0.25, 0.3) is 0 Å². The number of rotatable bonds is 8. The topological polar surface area (TPSA) is 57.2 Å². The number of methoxy groups -OCH3 is 4. The highest BCUT2D eigenvalue weighted by molar-refractivity contribution is 5.95. The predicted octanol–water partition coefficient (Wildman–Crippen LogP) is 4.21. The van der Waals surface area contributed by atoms with Gasteiger partial charge >= 0.3 is 0 Å². The van der Waals surface area contributed by atoms with Gasteiger partial charge in [-0.1, -0.05) is 12.1 Å². The lowest BCUT2D eigenvalue weighted by atomic mass is 9.90. The summed E-state index contributed by atoms with van der Waals surface area (Å²) in [5, 5.41) is 0. The molecule has 0 radical (unpaired) electrons. The molecule has 0 aliphatic carbocycles. The lowest BCUT2D eigenvalue weighted by Crippen LogP contribution is -2.38. The number of aryl methyl sites for hydroxylation is 1. The van der Waals surface area contributed by atoms with Crippen molar-refractivity contribution < 1.29 is 23.7 Å². The highest BCUT2D eigenvalue weighted by atomic mass is 16.5. The van der Waals surface area contributed by atoms with Gasteiger partial charge in [0.15, 0.2) is 11.5 Å². The summed E-state index contributed by atoms with van der Waals surface area (Å²) in [6.45, 7) is 1.53. The van der Waals surface area contributed by atoms with Gasteiger partial charge in [0.2, 0.25) is 5.75 Å².